The lowest BCUT2D eigenvalue weighted by atomic mass is 9.75. The molecule has 138 valence electrons. The van der Waals surface area contributed by atoms with Gasteiger partial charge in [0.1, 0.15) is 11.9 Å². The van der Waals surface area contributed by atoms with Gasteiger partial charge in [0.05, 0.1) is 11.3 Å². The van der Waals surface area contributed by atoms with Crippen molar-refractivity contribution in [3.05, 3.63) is 23.9 Å². The molecule has 1 saturated carbocycles. The molecule has 0 aromatic rings. The van der Waals surface area contributed by atoms with Crippen LogP contribution in [0.4, 0.5) is 0 Å². The first-order valence-electron chi connectivity index (χ1n) is 8.95. The highest BCUT2D eigenvalue weighted by atomic mass is 32.2. The predicted molar refractivity (Wildman–Crippen MR) is 96.4 cm³/mol. The Bertz CT molecular complexity index is 736. The van der Waals surface area contributed by atoms with E-state index in [1.54, 1.807) is 23.3 Å². The van der Waals surface area contributed by atoms with Gasteiger partial charge in [0.25, 0.3) is 10.0 Å². The molecule has 0 aromatic heterocycles. The molecule has 0 spiro atoms. The van der Waals surface area contributed by atoms with E-state index in [1.807, 2.05) is 0 Å². The number of nitrogens with zero attached hydrogens (tertiary/aromatic N) is 2. The number of carbonyl (C=O) groups is 1. The second kappa shape index (κ2) is 6.94. The second-order valence-corrected chi connectivity index (χ2v) is 9.37. The predicted octanol–water partition coefficient (Wildman–Crippen LogP) is 2.49. The summed E-state index contributed by atoms with van der Waals surface area (Å²) in [5.74, 6) is 1.41. The number of rotatable bonds is 3. The molecule has 0 saturated heterocycles. The van der Waals surface area contributed by atoms with Crippen molar-refractivity contribution in [1.82, 2.24) is 4.90 Å². The summed E-state index contributed by atoms with van der Waals surface area (Å²) < 4.78 is 32.7. The van der Waals surface area contributed by atoms with Gasteiger partial charge in [-0.3, -0.25) is 0 Å². The lowest BCUT2D eigenvalue weighted by molar-refractivity contribution is -0.150. The van der Waals surface area contributed by atoms with Crippen molar-refractivity contribution in [3.63, 3.8) is 0 Å². The summed E-state index contributed by atoms with van der Waals surface area (Å²) in [5.41, 5.74) is 0.444. The Hall–Kier alpha value is -1.63. The Morgan fingerprint density at radius 3 is 2.80 bits per heavy atom. The Labute approximate surface area is 149 Å². The highest BCUT2D eigenvalue weighted by molar-refractivity contribution is 7.90. The summed E-state index contributed by atoms with van der Waals surface area (Å²) in [6.07, 6.45) is 7.93. The standard InChI is InChI=1S/C18H26N2O4S/c1-12(2)15-6-4-13(3)10-16(15)24-18(21)14-5-7-17-19-25(22,23)9-8-20(17)11-14/h5,7,11-13,15-16H,4,6,8-10H2,1-3H3/t13-,15+,16-/m1/s1. The van der Waals surface area contributed by atoms with Gasteiger partial charge in [-0.05, 0) is 42.7 Å². The van der Waals surface area contributed by atoms with E-state index in [-0.39, 0.29) is 17.8 Å². The molecule has 2 aliphatic heterocycles. The van der Waals surface area contributed by atoms with Crippen molar-refractivity contribution < 1.29 is 17.9 Å². The minimum atomic E-state index is -3.39. The molecule has 0 aromatic carbocycles. The lowest BCUT2D eigenvalue weighted by Crippen LogP contribution is -2.38. The fraction of sp³-hybridized carbons (Fsp3) is 0.667. The minimum Gasteiger partial charge on any atom is -0.458 e. The van der Waals surface area contributed by atoms with Crippen LogP contribution in [0, 0.1) is 17.8 Å². The zero-order valence-electron chi connectivity index (χ0n) is 15.0. The molecule has 0 amide bonds. The molecule has 7 heteroatoms. The Kier molecular flexibility index (Phi) is 5.04. The van der Waals surface area contributed by atoms with Gasteiger partial charge < -0.3 is 9.64 Å². The zero-order valence-corrected chi connectivity index (χ0v) is 15.8. The molecular weight excluding hydrogens is 340 g/mol. The molecule has 0 N–H and O–H groups in total. The van der Waals surface area contributed by atoms with Crippen LogP contribution in [0.1, 0.15) is 40.0 Å². The van der Waals surface area contributed by atoms with Gasteiger partial charge in [-0.25, -0.2) is 13.2 Å². The van der Waals surface area contributed by atoms with Gasteiger partial charge >= 0.3 is 5.97 Å². The number of ether oxygens (including phenoxy) is 1. The lowest BCUT2D eigenvalue weighted by Gasteiger charge is -2.37. The summed E-state index contributed by atoms with van der Waals surface area (Å²) in [7, 11) is -3.39. The molecule has 1 fully saturated rings. The monoisotopic (exact) mass is 366 g/mol. The molecular formula is C18H26N2O4S. The average Bonchev–Trinajstić information content (AvgIpc) is 2.53. The normalized spacial score (nSPS) is 31.2. The first kappa shape index (κ1) is 18.2. The number of sulfonamides is 1. The number of carbonyl (C=O) groups excluding carboxylic acids is 1. The SMILES string of the molecule is CC(C)[C@@H]1CC[C@@H](C)C[C@H]1OC(=O)C1=CN2CCS(=O)(=O)N=C2C=C1. The summed E-state index contributed by atoms with van der Waals surface area (Å²) in [6.45, 7) is 6.86. The molecule has 3 rings (SSSR count). The smallest absolute Gasteiger partial charge is 0.339 e. The van der Waals surface area contributed by atoms with Crippen molar-refractivity contribution in [2.75, 3.05) is 12.3 Å². The van der Waals surface area contributed by atoms with Gasteiger partial charge in [0.15, 0.2) is 0 Å². The van der Waals surface area contributed by atoms with Crippen LogP contribution in [0.3, 0.4) is 0 Å². The molecule has 6 nitrogen and oxygen atoms in total. The second-order valence-electron chi connectivity index (χ2n) is 7.62. The van der Waals surface area contributed by atoms with Crippen LogP contribution in [0.2, 0.25) is 0 Å². The van der Waals surface area contributed by atoms with Gasteiger partial charge in [-0.1, -0.05) is 27.2 Å². The van der Waals surface area contributed by atoms with E-state index in [2.05, 4.69) is 25.2 Å². The maximum atomic E-state index is 12.6. The van der Waals surface area contributed by atoms with Crippen LogP contribution < -0.4 is 0 Å². The summed E-state index contributed by atoms with van der Waals surface area (Å²) in [4.78, 5) is 14.3. The van der Waals surface area contributed by atoms with Crippen molar-refractivity contribution in [3.8, 4) is 0 Å². The first-order chi connectivity index (χ1) is 11.7. The summed E-state index contributed by atoms with van der Waals surface area (Å²) in [5, 5.41) is 0. The maximum Gasteiger partial charge on any atom is 0.339 e. The zero-order chi connectivity index (χ0) is 18.2. The number of fused-ring (bicyclic) bond motifs is 1. The Morgan fingerprint density at radius 2 is 2.08 bits per heavy atom. The number of hydrogen-bond acceptors (Lipinski definition) is 5. The minimum absolute atomic E-state index is 0.0429. The van der Waals surface area contributed by atoms with Gasteiger partial charge in [-0.15, -0.1) is 4.40 Å². The maximum absolute atomic E-state index is 12.6. The topological polar surface area (TPSA) is 76.0 Å². The van der Waals surface area contributed by atoms with Crippen LogP contribution in [-0.2, 0) is 19.6 Å². The molecule has 3 aliphatic rings. The molecule has 25 heavy (non-hydrogen) atoms. The van der Waals surface area contributed by atoms with E-state index >= 15 is 0 Å². The van der Waals surface area contributed by atoms with Gasteiger partial charge in [-0.2, -0.15) is 0 Å². The van der Waals surface area contributed by atoms with Crippen LogP contribution in [0.25, 0.3) is 0 Å². The first-order valence-corrected chi connectivity index (χ1v) is 10.6. The third-order valence-corrected chi connectivity index (χ3v) is 6.44. The van der Waals surface area contributed by atoms with Crippen LogP contribution in [0.15, 0.2) is 28.3 Å². The van der Waals surface area contributed by atoms with E-state index in [4.69, 9.17) is 4.74 Å². The van der Waals surface area contributed by atoms with Gasteiger partial charge in [0.2, 0.25) is 0 Å². The van der Waals surface area contributed by atoms with Crippen molar-refractivity contribution in [1.29, 1.82) is 0 Å². The fourth-order valence-corrected chi connectivity index (χ4v) is 4.75. The van der Waals surface area contributed by atoms with Crippen molar-refractivity contribution >= 4 is 21.8 Å². The average molecular weight is 366 g/mol. The van der Waals surface area contributed by atoms with E-state index < -0.39 is 10.0 Å². The van der Waals surface area contributed by atoms with Crippen molar-refractivity contribution in [2.45, 2.75) is 46.1 Å². The molecule has 0 bridgehead atoms. The van der Waals surface area contributed by atoms with E-state index in [1.165, 1.54) is 6.42 Å². The van der Waals surface area contributed by atoms with E-state index in [0.29, 0.717) is 35.7 Å². The fourth-order valence-electron chi connectivity index (χ4n) is 3.78. The molecule has 3 atom stereocenters. The third kappa shape index (κ3) is 4.14. The largest absolute Gasteiger partial charge is 0.458 e. The van der Waals surface area contributed by atoms with Crippen molar-refractivity contribution in [2.24, 2.45) is 22.2 Å². The number of hydrogen-bond donors (Lipinski definition) is 0. The summed E-state index contributed by atoms with van der Waals surface area (Å²) in [6, 6.07) is 0. The quantitative estimate of drug-likeness (QED) is 0.717. The summed E-state index contributed by atoms with van der Waals surface area (Å²) >= 11 is 0. The Morgan fingerprint density at radius 1 is 1.32 bits per heavy atom. The van der Waals surface area contributed by atoms with Crippen LogP contribution in [0.5, 0.6) is 0 Å². The Balaban J connectivity index is 1.72. The van der Waals surface area contributed by atoms with E-state index in [0.717, 1.165) is 12.8 Å². The molecule has 0 unspecified atom stereocenters. The van der Waals surface area contributed by atoms with Crippen LogP contribution in [-0.4, -0.2) is 43.5 Å². The van der Waals surface area contributed by atoms with Crippen LogP contribution >= 0.6 is 0 Å². The number of esters is 1. The highest BCUT2D eigenvalue weighted by Crippen LogP contribution is 2.35. The molecule has 0 radical (unpaired) electrons. The van der Waals surface area contributed by atoms with E-state index in [9.17, 15) is 13.2 Å². The molecule has 1 aliphatic carbocycles. The third-order valence-electron chi connectivity index (χ3n) is 5.28. The van der Waals surface area contributed by atoms with Gasteiger partial charge in [0, 0.05) is 12.7 Å². The molecule has 2 heterocycles. The number of amidine groups is 1. The highest BCUT2D eigenvalue weighted by Gasteiger charge is 2.34.